The van der Waals surface area contributed by atoms with Gasteiger partial charge >= 0.3 is 11.9 Å². The maximum absolute atomic E-state index is 12.2. The van der Waals surface area contributed by atoms with Gasteiger partial charge in [-0.25, -0.2) is 9.79 Å². The number of esters is 2. The zero-order chi connectivity index (χ0) is 20.3. The molecule has 0 spiro atoms. The first-order chi connectivity index (χ1) is 13.4. The molecule has 28 heavy (non-hydrogen) atoms. The van der Waals surface area contributed by atoms with Crippen LogP contribution in [0.15, 0.2) is 47.1 Å². The van der Waals surface area contributed by atoms with E-state index in [9.17, 15) is 9.59 Å². The van der Waals surface area contributed by atoms with Crippen LogP contribution >= 0.6 is 23.2 Å². The average molecular weight is 420 g/mol. The van der Waals surface area contributed by atoms with E-state index < -0.39 is 11.9 Å². The number of nitrogens with zero attached hydrogens (tertiary/aromatic N) is 1. The van der Waals surface area contributed by atoms with Gasteiger partial charge in [0, 0.05) is 6.92 Å². The minimum absolute atomic E-state index is 0.0775. The number of benzene rings is 2. The van der Waals surface area contributed by atoms with Crippen molar-refractivity contribution >= 4 is 47.1 Å². The Balaban J connectivity index is 1.99. The molecule has 8 heteroatoms. The molecule has 0 radical (unpaired) electrons. The summed E-state index contributed by atoms with van der Waals surface area (Å²) in [5, 5.41) is 0.581. The van der Waals surface area contributed by atoms with Crippen LogP contribution in [0.2, 0.25) is 10.0 Å². The quantitative estimate of drug-likeness (QED) is 0.400. The van der Waals surface area contributed by atoms with Crippen molar-refractivity contribution in [2.24, 2.45) is 4.99 Å². The molecular formula is C20H15Cl2NO5. The lowest BCUT2D eigenvalue weighted by molar-refractivity contribution is -0.132. The molecule has 2 aromatic rings. The Bertz CT molecular complexity index is 1010. The van der Waals surface area contributed by atoms with Crippen molar-refractivity contribution in [3.63, 3.8) is 0 Å². The highest BCUT2D eigenvalue weighted by atomic mass is 35.5. The SMILES string of the molecule is CCOc1cc(/C=C2/N=C(c3ccccc3Cl)OC2=O)cc(Cl)c1OC(C)=O. The average Bonchev–Trinajstić information content (AvgIpc) is 2.99. The molecule has 1 aliphatic rings. The highest BCUT2D eigenvalue weighted by Crippen LogP contribution is 2.37. The standard InChI is InChI=1S/C20H15Cl2NO5/c1-3-26-17-10-12(8-15(22)18(17)27-11(2)24)9-16-20(25)28-19(23-16)13-6-4-5-7-14(13)21/h4-10H,3H2,1-2H3/b16-9+. The lowest BCUT2D eigenvalue weighted by Gasteiger charge is -2.12. The zero-order valence-corrected chi connectivity index (χ0v) is 16.5. The van der Waals surface area contributed by atoms with Gasteiger partial charge in [0.15, 0.2) is 17.2 Å². The summed E-state index contributed by atoms with van der Waals surface area (Å²) in [5.41, 5.74) is 1.12. The minimum atomic E-state index is -0.618. The third-order valence-corrected chi connectivity index (χ3v) is 4.22. The molecule has 0 aromatic heterocycles. The molecule has 1 heterocycles. The number of cyclic esters (lactones) is 1. The number of rotatable bonds is 5. The highest BCUT2D eigenvalue weighted by Gasteiger charge is 2.26. The number of aliphatic imine (C=N–C) groups is 1. The Labute approximate surface area is 171 Å². The summed E-state index contributed by atoms with van der Waals surface area (Å²) in [6.45, 7) is 3.38. The van der Waals surface area contributed by atoms with Crippen molar-refractivity contribution in [1.82, 2.24) is 0 Å². The third-order valence-electron chi connectivity index (χ3n) is 3.61. The fraction of sp³-hybridized carbons (Fsp3) is 0.150. The van der Waals surface area contributed by atoms with E-state index in [1.54, 1.807) is 37.3 Å². The van der Waals surface area contributed by atoms with E-state index in [0.717, 1.165) is 0 Å². The van der Waals surface area contributed by atoms with Gasteiger partial charge in [0.25, 0.3) is 0 Å². The fourth-order valence-corrected chi connectivity index (χ4v) is 2.97. The van der Waals surface area contributed by atoms with Gasteiger partial charge in [-0.1, -0.05) is 35.3 Å². The molecule has 0 N–H and O–H groups in total. The Hall–Kier alpha value is -2.83. The Morgan fingerprint density at radius 3 is 2.64 bits per heavy atom. The van der Waals surface area contributed by atoms with Crippen LogP contribution in [0.1, 0.15) is 25.0 Å². The van der Waals surface area contributed by atoms with Gasteiger partial charge in [-0.05, 0) is 42.8 Å². The van der Waals surface area contributed by atoms with Crippen molar-refractivity contribution in [2.45, 2.75) is 13.8 Å². The second kappa shape index (κ2) is 8.46. The lowest BCUT2D eigenvalue weighted by Crippen LogP contribution is -2.06. The molecule has 6 nitrogen and oxygen atoms in total. The summed E-state index contributed by atoms with van der Waals surface area (Å²) in [7, 11) is 0. The van der Waals surface area contributed by atoms with E-state index in [1.807, 2.05) is 0 Å². The van der Waals surface area contributed by atoms with E-state index in [4.69, 9.17) is 37.4 Å². The third kappa shape index (κ3) is 4.35. The van der Waals surface area contributed by atoms with Crippen LogP contribution in [0.4, 0.5) is 0 Å². The van der Waals surface area contributed by atoms with Crippen LogP contribution in [0, 0.1) is 0 Å². The van der Waals surface area contributed by atoms with Gasteiger partial charge in [-0.3, -0.25) is 4.79 Å². The Morgan fingerprint density at radius 2 is 1.96 bits per heavy atom. The van der Waals surface area contributed by atoms with Crippen LogP contribution in [-0.2, 0) is 14.3 Å². The van der Waals surface area contributed by atoms with Crippen LogP contribution < -0.4 is 9.47 Å². The summed E-state index contributed by atoms with van der Waals surface area (Å²) in [6, 6.07) is 10.0. The fourth-order valence-electron chi connectivity index (χ4n) is 2.49. The summed E-state index contributed by atoms with van der Waals surface area (Å²) < 4.78 is 15.8. The van der Waals surface area contributed by atoms with E-state index in [0.29, 0.717) is 22.8 Å². The van der Waals surface area contributed by atoms with Crippen LogP contribution in [-0.4, -0.2) is 24.4 Å². The molecule has 3 rings (SSSR count). The monoisotopic (exact) mass is 419 g/mol. The van der Waals surface area contributed by atoms with E-state index >= 15 is 0 Å². The van der Waals surface area contributed by atoms with Gasteiger partial charge in [0.05, 0.1) is 22.2 Å². The number of carbonyl (C=O) groups is 2. The predicted octanol–water partition coefficient (Wildman–Crippen LogP) is 4.66. The molecule has 0 fully saturated rings. The van der Waals surface area contributed by atoms with Crippen LogP contribution in [0.25, 0.3) is 6.08 Å². The largest absolute Gasteiger partial charge is 0.490 e. The molecule has 144 valence electrons. The maximum Gasteiger partial charge on any atom is 0.363 e. The van der Waals surface area contributed by atoms with Crippen molar-refractivity contribution in [3.05, 3.63) is 63.3 Å². The molecule has 0 aliphatic carbocycles. The molecular weight excluding hydrogens is 405 g/mol. The first-order valence-corrected chi connectivity index (χ1v) is 9.07. The maximum atomic E-state index is 12.2. The van der Waals surface area contributed by atoms with Crippen molar-refractivity contribution < 1.29 is 23.8 Å². The summed E-state index contributed by atoms with van der Waals surface area (Å²) in [4.78, 5) is 27.7. The first kappa shape index (κ1) is 19.9. The summed E-state index contributed by atoms with van der Waals surface area (Å²) in [6.07, 6.45) is 1.50. The Morgan fingerprint density at radius 1 is 1.21 bits per heavy atom. The summed E-state index contributed by atoms with van der Waals surface area (Å²) >= 11 is 12.4. The van der Waals surface area contributed by atoms with Gasteiger partial charge in [0.2, 0.25) is 5.90 Å². The molecule has 0 saturated carbocycles. The minimum Gasteiger partial charge on any atom is -0.490 e. The molecule has 0 saturated heterocycles. The number of hydrogen-bond donors (Lipinski definition) is 0. The lowest BCUT2D eigenvalue weighted by atomic mass is 10.1. The van der Waals surface area contributed by atoms with Crippen LogP contribution in [0.3, 0.4) is 0 Å². The highest BCUT2D eigenvalue weighted by molar-refractivity contribution is 6.34. The smallest absolute Gasteiger partial charge is 0.363 e. The second-order valence-corrected chi connectivity index (χ2v) is 6.49. The molecule has 0 atom stereocenters. The topological polar surface area (TPSA) is 74.2 Å². The van der Waals surface area contributed by atoms with Gasteiger partial charge in [-0.2, -0.15) is 0 Å². The molecule has 0 unspecified atom stereocenters. The van der Waals surface area contributed by atoms with Crippen molar-refractivity contribution in [3.8, 4) is 11.5 Å². The van der Waals surface area contributed by atoms with Crippen molar-refractivity contribution in [2.75, 3.05) is 6.61 Å². The van der Waals surface area contributed by atoms with Crippen LogP contribution in [0.5, 0.6) is 11.5 Å². The number of halogens is 2. The normalized spacial score (nSPS) is 14.6. The first-order valence-electron chi connectivity index (χ1n) is 8.31. The number of hydrogen-bond acceptors (Lipinski definition) is 6. The molecule has 0 amide bonds. The van der Waals surface area contributed by atoms with Gasteiger partial charge < -0.3 is 14.2 Å². The van der Waals surface area contributed by atoms with Gasteiger partial charge in [0.1, 0.15) is 0 Å². The zero-order valence-electron chi connectivity index (χ0n) is 15.0. The second-order valence-electron chi connectivity index (χ2n) is 5.67. The van der Waals surface area contributed by atoms with E-state index in [2.05, 4.69) is 4.99 Å². The predicted molar refractivity (Wildman–Crippen MR) is 106 cm³/mol. The summed E-state index contributed by atoms with van der Waals surface area (Å²) in [5.74, 6) is -0.629. The number of carbonyl (C=O) groups excluding carboxylic acids is 2. The molecule has 1 aliphatic heterocycles. The van der Waals surface area contributed by atoms with Gasteiger partial charge in [-0.15, -0.1) is 0 Å². The van der Waals surface area contributed by atoms with E-state index in [1.165, 1.54) is 19.1 Å². The Kier molecular flexibility index (Phi) is 6.02. The van der Waals surface area contributed by atoms with E-state index in [-0.39, 0.29) is 28.1 Å². The van der Waals surface area contributed by atoms with Crippen molar-refractivity contribution in [1.29, 1.82) is 0 Å². The molecule has 2 aromatic carbocycles. The number of ether oxygens (including phenoxy) is 3. The molecule has 0 bridgehead atoms.